The molecule has 0 amide bonds. The number of nitrogens with zero attached hydrogens (tertiary/aromatic N) is 3. The smallest absolute Gasteiger partial charge is 0.346 e. The minimum absolute atomic E-state index is 0.00618. The first-order valence-corrected chi connectivity index (χ1v) is 7.38. The molecule has 0 spiro atoms. The molecule has 0 radical (unpaired) electrons. The van der Waals surface area contributed by atoms with E-state index >= 15 is 0 Å². The first kappa shape index (κ1) is 14.2. The lowest BCUT2D eigenvalue weighted by molar-refractivity contribution is -0.141. The number of fused-ring (bicyclic) bond motifs is 1. The predicted octanol–water partition coefficient (Wildman–Crippen LogP) is 3.75. The van der Waals surface area contributed by atoms with Crippen LogP contribution in [0.3, 0.4) is 0 Å². The summed E-state index contributed by atoms with van der Waals surface area (Å²) in [6.45, 7) is 1.93. The third-order valence-corrected chi connectivity index (χ3v) is 4.36. The summed E-state index contributed by atoms with van der Waals surface area (Å²) < 4.78 is 38.0. The van der Waals surface area contributed by atoms with Crippen molar-refractivity contribution in [1.29, 1.82) is 0 Å². The molecule has 2 heterocycles. The van der Waals surface area contributed by atoms with Crippen molar-refractivity contribution in [1.82, 2.24) is 15.0 Å². The maximum atomic E-state index is 12.7. The van der Waals surface area contributed by atoms with Gasteiger partial charge in [0.15, 0.2) is 0 Å². The number of rotatable bonds is 2. The van der Waals surface area contributed by atoms with Gasteiger partial charge in [-0.05, 0) is 32.3 Å². The van der Waals surface area contributed by atoms with Crippen LogP contribution in [0, 0.1) is 6.92 Å². The van der Waals surface area contributed by atoms with Crippen molar-refractivity contribution in [3.8, 4) is 0 Å². The fourth-order valence-corrected chi connectivity index (χ4v) is 3.46. The van der Waals surface area contributed by atoms with Crippen molar-refractivity contribution in [2.24, 2.45) is 0 Å². The molecule has 0 saturated carbocycles. The molecule has 3 rings (SSSR count). The van der Waals surface area contributed by atoms with Crippen LogP contribution in [0.2, 0.25) is 0 Å². The largest absolute Gasteiger partial charge is 0.433 e. The lowest BCUT2D eigenvalue weighted by atomic mass is 9.98. The van der Waals surface area contributed by atoms with E-state index in [0.717, 1.165) is 42.2 Å². The normalized spacial score (nSPS) is 18.4. The average Bonchev–Trinajstić information content (AvgIpc) is 2.80. The Kier molecular flexibility index (Phi) is 3.56. The molecule has 112 valence electrons. The summed E-state index contributed by atoms with van der Waals surface area (Å²) in [5.41, 5.74) is -0.0183. The molecule has 0 aromatic carbocycles. The maximum absolute atomic E-state index is 12.7. The van der Waals surface area contributed by atoms with Crippen LogP contribution in [-0.2, 0) is 12.6 Å². The van der Waals surface area contributed by atoms with Crippen LogP contribution in [0.4, 0.5) is 19.1 Å². The molecule has 0 bridgehead atoms. The van der Waals surface area contributed by atoms with Crippen molar-refractivity contribution in [3.05, 3.63) is 33.5 Å². The number of alkyl halides is 3. The van der Waals surface area contributed by atoms with Crippen LogP contribution in [0.5, 0.6) is 0 Å². The number of halogens is 3. The molecule has 0 saturated heterocycles. The molecule has 1 aliphatic rings. The summed E-state index contributed by atoms with van der Waals surface area (Å²) in [5, 5.41) is 3.96. The molecule has 4 nitrogen and oxygen atoms in total. The SMILES string of the molecule is Cc1nc2c(s1)CCC[C@H]2Nc1nccc(C(F)(F)F)n1. The number of aryl methyl sites for hydroxylation is 2. The molecule has 8 heteroatoms. The molecular weight excluding hydrogens is 301 g/mol. The fraction of sp³-hybridized carbons (Fsp3) is 0.462. The van der Waals surface area contributed by atoms with Crippen LogP contribution in [0.15, 0.2) is 12.3 Å². The van der Waals surface area contributed by atoms with Crippen LogP contribution in [0.25, 0.3) is 0 Å². The highest BCUT2D eigenvalue weighted by Gasteiger charge is 2.33. The molecule has 1 N–H and O–H groups in total. The van der Waals surface area contributed by atoms with Crippen LogP contribution in [-0.4, -0.2) is 15.0 Å². The lowest BCUT2D eigenvalue weighted by Crippen LogP contribution is -2.19. The van der Waals surface area contributed by atoms with Gasteiger partial charge in [-0.1, -0.05) is 0 Å². The molecule has 0 unspecified atom stereocenters. The zero-order valence-electron chi connectivity index (χ0n) is 11.2. The Morgan fingerprint density at radius 3 is 2.90 bits per heavy atom. The summed E-state index contributed by atoms with van der Waals surface area (Å²) in [6, 6.07) is 0.743. The Morgan fingerprint density at radius 1 is 1.33 bits per heavy atom. The van der Waals surface area contributed by atoms with Gasteiger partial charge in [-0.25, -0.2) is 15.0 Å². The Hall–Kier alpha value is -1.70. The first-order chi connectivity index (χ1) is 9.93. The molecule has 1 aliphatic carbocycles. The Bertz CT molecular complexity index is 653. The van der Waals surface area contributed by atoms with Crippen LogP contribution >= 0.6 is 11.3 Å². The van der Waals surface area contributed by atoms with Gasteiger partial charge in [0.1, 0.15) is 5.69 Å². The van der Waals surface area contributed by atoms with Crippen LogP contribution < -0.4 is 5.32 Å². The van der Waals surface area contributed by atoms with Crippen molar-refractivity contribution in [3.63, 3.8) is 0 Å². The second-order valence-corrected chi connectivity index (χ2v) is 6.18. The zero-order chi connectivity index (χ0) is 15.0. The van der Waals surface area contributed by atoms with E-state index in [-0.39, 0.29) is 12.0 Å². The Labute approximate surface area is 123 Å². The summed E-state index contributed by atoms with van der Waals surface area (Å²) in [5.74, 6) is -0.00618. The molecule has 1 atom stereocenters. The van der Waals surface area contributed by atoms with E-state index in [4.69, 9.17) is 0 Å². The number of aromatic nitrogens is 3. The van der Waals surface area contributed by atoms with Gasteiger partial charge in [0.05, 0.1) is 16.7 Å². The van der Waals surface area contributed by atoms with Crippen molar-refractivity contribution >= 4 is 17.3 Å². The summed E-state index contributed by atoms with van der Waals surface area (Å²) in [4.78, 5) is 13.1. The van der Waals surface area contributed by atoms with Crippen LogP contribution in [0.1, 0.15) is 40.2 Å². The highest BCUT2D eigenvalue weighted by atomic mass is 32.1. The number of hydrogen-bond acceptors (Lipinski definition) is 5. The quantitative estimate of drug-likeness (QED) is 0.917. The molecule has 0 aliphatic heterocycles. The lowest BCUT2D eigenvalue weighted by Gasteiger charge is -2.22. The zero-order valence-corrected chi connectivity index (χ0v) is 12.1. The second-order valence-electron chi connectivity index (χ2n) is 4.89. The van der Waals surface area contributed by atoms with E-state index in [2.05, 4.69) is 20.3 Å². The van der Waals surface area contributed by atoms with E-state index in [9.17, 15) is 13.2 Å². The topological polar surface area (TPSA) is 50.7 Å². The molecule has 2 aromatic rings. The van der Waals surface area contributed by atoms with Gasteiger partial charge in [0.25, 0.3) is 0 Å². The third kappa shape index (κ3) is 2.99. The standard InChI is InChI=1S/C13H13F3N4S/c1-7-18-11-8(3-2-4-9(11)21-7)19-12-17-6-5-10(20-12)13(14,15)16/h5-6,8H,2-4H2,1H3,(H,17,19,20)/t8-/m1/s1. The first-order valence-electron chi connectivity index (χ1n) is 6.56. The summed E-state index contributed by atoms with van der Waals surface area (Å²) in [7, 11) is 0. The predicted molar refractivity (Wildman–Crippen MR) is 73.2 cm³/mol. The van der Waals surface area contributed by atoms with E-state index in [0.29, 0.717) is 0 Å². The van der Waals surface area contributed by atoms with Gasteiger partial charge in [-0.3, -0.25) is 0 Å². The molecule has 21 heavy (non-hydrogen) atoms. The van der Waals surface area contributed by atoms with Crippen molar-refractivity contribution in [2.45, 2.75) is 38.4 Å². The molecule has 2 aromatic heterocycles. The minimum Gasteiger partial charge on any atom is -0.346 e. The van der Waals surface area contributed by atoms with Gasteiger partial charge in [-0.15, -0.1) is 11.3 Å². The monoisotopic (exact) mass is 314 g/mol. The van der Waals surface area contributed by atoms with Gasteiger partial charge < -0.3 is 5.32 Å². The third-order valence-electron chi connectivity index (χ3n) is 3.31. The van der Waals surface area contributed by atoms with Gasteiger partial charge >= 0.3 is 6.18 Å². The van der Waals surface area contributed by atoms with Gasteiger partial charge in [0.2, 0.25) is 5.95 Å². The number of thiazole rings is 1. The minimum atomic E-state index is -4.46. The average molecular weight is 314 g/mol. The van der Waals surface area contributed by atoms with E-state index < -0.39 is 11.9 Å². The number of nitrogens with one attached hydrogen (secondary N) is 1. The number of anilines is 1. The van der Waals surface area contributed by atoms with E-state index in [1.54, 1.807) is 11.3 Å². The molecule has 0 fully saturated rings. The van der Waals surface area contributed by atoms with Crippen molar-refractivity contribution < 1.29 is 13.2 Å². The van der Waals surface area contributed by atoms with E-state index in [1.807, 2.05) is 6.92 Å². The highest BCUT2D eigenvalue weighted by Crippen LogP contribution is 2.35. The van der Waals surface area contributed by atoms with Crippen molar-refractivity contribution in [2.75, 3.05) is 5.32 Å². The number of hydrogen-bond donors (Lipinski definition) is 1. The summed E-state index contributed by atoms with van der Waals surface area (Å²) in [6.07, 6.45) is -0.577. The Balaban J connectivity index is 1.85. The Morgan fingerprint density at radius 2 is 2.14 bits per heavy atom. The van der Waals surface area contributed by atoms with Gasteiger partial charge in [0, 0.05) is 11.1 Å². The highest BCUT2D eigenvalue weighted by molar-refractivity contribution is 7.11. The fourth-order valence-electron chi connectivity index (χ4n) is 2.42. The van der Waals surface area contributed by atoms with E-state index in [1.165, 1.54) is 4.88 Å². The van der Waals surface area contributed by atoms with Gasteiger partial charge in [-0.2, -0.15) is 13.2 Å². The summed E-state index contributed by atoms with van der Waals surface area (Å²) >= 11 is 1.64. The second kappa shape index (κ2) is 5.25. The molecular formula is C13H13F3N4S. The maximum Gasteiger partial charge on any atom is 0.433 e.